The topological polar surface area (TPSA) is 18.5 Å². The summed E-state index contributed by atoms with van der Waals surface area (Å²) in [5.41, 5.74) is -1.61. The summed E-state index contributed by atoms with van der Waals surface area (Å²) in [6.07, 6.45) is 3.35. The van der Waals surface area contributed by atoms with Gasteiger partial charge in [0.2, 0.25) is 0 Å². The second-order valence-electron chi connectivity index (χ2n) is 7.51. The van der Waals surface area contributed by atoms with Crippen LogP contribution < -0.4 is 5.63 Å². The Labute approximate surface area is 192 Å². The molecule has 0 saturated heterocycles. The van der Waals surface area contributed by atoms with E-state index >= 15 is 0 Å². The van der Waals surface area contributed by atoms with Crippen molar-refractivity contribution in [2.24, 2.45) is 0 Å². The molecule has 0 heterocycles. The number of hydrogen-bond donors (Lipinski definition) is 0. The van der Waals surface area contributed by atoms with Gasteiger partial charge < -0.3 is 0 Å². The molecule has 2 aliphatic carbocycles. The third-order valence-corrected chi connectivity index (χ3v) is 13.8. The molecule has 0 atom stereocenters. The van der Waals surface area contributed by atoms with Gasteiger partial charge in [0, 0.05) is 0 Å². The van der Waals surface area contributed by atoms with Crippen LogP contribution in [0.4, 0.5) is 26.3 Å². The molecular formula is C24H18F6O2Zr. The van der Waals surface area contributed by atoms with Gasteiger partial charge in [-0.05, 0) is 0 Å². The Hall–Kier alpha value is -2.54. The monoisotopic (exact) mass is 542 g/mol. The van der Waals surface area contributed by atoms with Gasteiger partial charge in [-0.25, -0.2) is 0 Å². The van der Waals surface area contributed by atoms with Gasteiger partial charge in [0.1, 0.15) is 0 Å². The summed E-state index contributed by atoms with van der Waals surface area (Å²) in [5, 5.41) is 0. The van der Waals surface area contributed by atoms with E-state index in [0.29, 0.717) is 12.8 Å². The molecule has 2 nitrogen and oxygen atoms in total. The fourth-order valence-electron chi connectivity index (χ4n) is 3.63. The summed E-state index contributed by atoms with van der Waals surface area (Å²) in [7, 11) is 0. The second kappa shape index (κ2) is 9.01. The Bertz CT molecular complexity index is 1030. The second-order valence-corrected chi connectivity index (χ2v) is 14.7. The van der Waals surface area contributed by atoms with Crippen molar-refractivity contribution in [2.45, 2.75) is 25.2 Å². The Balaban J connectivity index is 1.73. The van der Waals surface area contributed by atoms with Crippen LogP contribution in [-0.2, 0) is 33.5 Å². The molecule has 2 aliphatic rings. The molecule has 0 N–H and O–H groups in total. The van der Waals surface area contributed by atoms with Gasteiger partial charge in [-0.2, -0.15) is 0 Å². The number of alkyl halides is 6. The van der Waals surface area contributed by atoms with Crippen molar-refractivity contribution < 1.29 is 53.1 Å². The van der Waals surface area contributed by atoms with Crippen LogP contribution in [-0.4, -0.2) is 0 Å². The Kier molecular flexibility index (Phi) is 6.45. The third-order valence-electron chi connectivity index (χ3n) is 5.27. The van der Waals surface area contributed by atoms with Gasteiger partial charge >= 0.3 is 192 Å². The molecule has 0 unspecified atom stereocenters. The van der Waals surface area contributed by atoms with Gasteiger partial charge in [0.25, 0.3) is 0 Å². The first-order valence-electron chi connectivity index (χ1n) is 10.0. The van der Waals surface area contributed by atoms with Crippen LogP contribution in [0.5, 0.6) is 11.5 Å². The van der Waals surface area contributed by atoms with Gasteiger partial charge in [-0.3, -0.25) is 0 Å². The average Bonchev–Trinajstić information content (AvgIpc) is 3.47. The van der Waals surface area contributed by atoms with Crippen molar-refractivity contribution in [3.05, 3.63) is 103 Å². The van der Waals surface area contributed by atoms with Gasteiger partial charge in [-0.1, -0.05) is 0 Å². The number of halogens is 6. The Morgan fingerprint density at radius 1 is 0.576 bits per heavy atom. The van der Waals surface area contributed by atoms with Crippen LogP contribution in [0.3, 0.4) is 0 Å². The zero-order valence-electron chi connectivity index (χ0n) is 17.1. The zero-order valence-corrected chi connectivity index (χ0v) is 19.5. The summed E-state index contributed by atoms with van der Waals surface area (Å²) < 4.78 is 92.5. The van der Waals surface area contributed by atoms with E-state index in [1.807, 2.05) is 36.5 Å². The number of rotatable bonds is 6. The van der Waals surface area contributed by atoms with E-state index in [4.69, 9.17) is 5.63 Å². The molecule has 172 valence electrons. The minimum atomic E-state index is -4.50. The van der Waals surface area contributed by atoms with Gasteiger partial charge in [0.15, 0.2) is 0 Å². The summed E-state index contributed by atoms with van der Waals surface area (Å²) in [5.74, 6) is 0.428. The van der Waals surface area contributed by atoms with E-state index in [-0.39, 0.29) is 11.5 Å². The molecule has 0 spiro atoms. The van der Waals surface area contributed by atoms with E-state index in [9.17, 15) is 26.3 Å². The fourth-order valence-corrected chi connectivity index (χ4v) is 11.8. The molecule has 9 heteroatoms. The SMILES string of the molecule is FC(F)(F)c1ccc([O][Zr]([O]c2ccc(C(F)(F)F)cc2)([C]2=CC=CC2)[C]2=CC=CC2)cc1. The first kappa shape index (κ1) is 23.6. The average molecular weight is 544 g/mol. The van der Waals surface area contributed by atoms with Crippen LogP contribution in [0.15, 0.2) is 91.5 Å². The standard InChI is InChI=1S/2C7H5F3O.2C5H5.Zr/c2*8-7(9,10)5-1-3-6(11)4-2-5;2*1-2-4-5-3-1;/h2*1-4,11H;2*1-3H,4H2;/q;;;;+2/p-2. The van der Waals surface area contributed by atoms with Crippen LogP contribution in [0.25, 0.3) is 0 Å². The normalized spacial score (nSPS) is 16.1. The van der Waals surface area contributed by atoms with Gasteiger partial charge in [-0.15, -0.1) is 0 Å². The summed E-state index contributed by atoms with van der Waals surface area (Å²) in [4.78, 5) is 0. The molecule has 2 aromatic carbocycles. The number of hydrogen-bond acceptors (Lipinski definition) is 2. The van der Waals surface area contributed by atoms with Crippen molar-refractivity contribution in [1.29, 1.82) is 0 Å². The molecule has 0 aromatic heterocycles. The molecule has 0 fully saturated rings. The van der Waals surface area contributed by atoms with Crippen molar-refractivity contribution >= 4 is 0 Å². The number of benzene rings is 2. The van der Waals surface area contributed by atoms with Crippen molar-refractivity contribution in [3.63, 3.8) is 0 Å². The third kappa shape index (κ3) is 5.19. The molecule has 4 rings (SSSR count). The van der Waals surface area contributed by atoms with E-state index in [1.165, 1.54) is 24.3 Å². The fraction of sp³-hybridized carbons (Fsp3) is 0.167. The maximum atomic E-state index is 13.0. The van der Waals surface area contributed by atoms with Gasteiger partial charge in [0.05, 0.1) is 0 Å². The molecule has 0 radical (unpaired) electrons. The van der Waals surface area contributed by atoms with Crippen molar-refractivity contribution in [1.82, 2.24) is 0 Å². The minimum absolute atomic E-state index is 0.214. The predicted octanol–water partition coefficient (Wildman–Crippen LogP) is 7.85. The van der Waals surface area contributed by atoms with E-state index in [0.717, 1.165) is 30.8 Å². The van der Waals surface area contributed by atoms with E-state index < -0.39 is 44.6 Å². The van der Waals surface area contributed by atoms with Crippen molar-refractivity contribution in [2.75, 3.05) is 0 Å². The van der Waals surface area contributed by atoms with Crippen LogP contribution in [0.1, 0.15) is 24.0 Å². The molecular weight excluding hydrogens is 525 g/mol. The molecule has 0 bridgehead atoms. The van der Waals surface area contributed by atoms with Crippen LogP contribution in [0, 0.1) is 0 Å². The molecule has 0 aliphatic heterocycles. The summed E-state index contributed by atoms with van der Waals surface area (Å²) in [6, 6.07) is 8.73. The number of allylic oxidation sites excluding steroid dienone is 8. The van der Waals surface area contributed by atoms with Crippen LogP contribution in [0.2, 0.25) is 0 Å². The Morgan fingerprint density at radius 3 is 1.21 bits per heavy atom. The Morgan fingerprint density at radius 2 is 0.939 bits per heavy atom. The predicted molar refractivity (Wildman–Crippen MR) is 108 cm³/mol. The first-order valence-corrected chi connectivity index (χ1v) is 14.5. The first-order chi connectivity index (χ1) is 15.6. The molecule has 0 saturated carbocycles. The maximum absolute atomic E-state index is 13.0. The van der Waals surface area contributed by atoms with E-state index in [1.54, 1.807) is 0 Å². The molecule has 0 amide bonds. The van der Waals surface area contributed by atoms with Crippen LogP contribution >= 0.6 is 0 Å². The quantitative estimate of drug-likeness (QED) is 0.346. The van der Waals surface area contributed by atoms with E-state index in [2.05, 4.69) is 0 Å². The molecule has 2 aromatic rings. The molecule has 33 heavy (non-hydrogen) atoms. The zero-order chi connectivity index (χ0) is 23.7. The van der Waals surface area contributed by atoms with Crippen molar-refractivity contribution in [3.8, 4) is 11.5 Å². The summed E-state index contributed by atoms with van der Waals surface area (Å²) >= 11 is -4.50. The summed E-state index contributed by atoms with van der Waals surface area (Å²) in [6.45, 7) is 0.